The molecule has 0 bridgehead atoms. The number of nitrogens with one attached hydrogen (secondary N) is 2. The Kier molecular flexibility index (Phi) is 3.70. The van der Waals surface area contributed by atoms with Crippen LogP contribution in [0, 0.1) is 13.8 Å². The van der Waals surface area contributed by atoms with Crippen LogP contribution in [0.5, 0.6) is 0 Å². The predicted octanol–water partition coefficient (Wildman–Crippen LogP) is 1.34. The summed E-state index contributed by atoms with van der Waals surface area (Å²) in [7, 11) is 0. The van der Waals surface area contributed by atoms with Gasteiger partial charge >= 0.3 is 0 Å². The van der Waals surface area contributed by atoms with Crippen LogP contribution >= 0.6 is 0 Å². The number of aromatic nitrogens is 2. The van der Waals surface area contributed by atoms with Crippen molar-refractivity contribution in [3.8, 4) is 0 Å². The highest BCUT2D eigenvalue weighted by molar-refractivity contribution is 5.92. The number of nitrogens with zero attached hydrogens (tertiary/aromatic N) is 3. The van der Waals surface area contributed by atoms with Gasteiger partial charge in [-0.1, -0.05) is 12.1 Å². The summed E-state index contributed by atoms with van der Waals surface area (Å²) < 4.78 is 0. The minimum Gasteiger partial charge on any atom is -0.370 e. The fourth-order valence-corrected chi connectivity index (χ4v) is 2.72. The molecule has 0 radical (unpaired) electrons. The summed E-state index contributed by atoms with van der Waals surface area (Å²) >= 11 is 0. The molecular formula is C15H20N6. The lowest BCUT2D eigenvalue weighted by Crippen LogP contribution is -2.27. The second-order valence-corrected chi connectivity index (χ2v) is 5.39. The average Bonchev–Trinajstić information content (AvgIpc) is 2.90. The molecule has 1 aliphatic heterocycles. The van der Waals surface area contributed by atoms with Crippen LogP contribution in [-0.2, 0) is 0 Å². The van der Waals surface area contributed by atoms with Crippen LogP contribution in [0.1, 0.15) is 17.7 Å². The highest BCUT2D eigenvalue weighted by atomic mass is 15.2. The maximum absolute atomic E-state index is 5.94. The zero-order chi connectivity index (χ0) is 14.8. The molecule has 1 aliphatic rings. The summed E-state index contributed by atoms with van der Waals surface area (Å²) in [6.45, 7) is 5.91. The Morgan fingerprint density at radius 2 is 2.24 bits per heavy atom. The van der Waals surface area contributed by atoms with Crippen molar-refractivity contribution in [2.75, 3.05) is 18.4 Å². The lowest BCUT2D eigenvalue weighted by Gasteiger charge is -2.10. The molecule has 1 aromatic carbocycles. The number of nitrogens with two attached hydrogens (primary N) is 1. The van der Waals surface area contributed by atoms with Crippen molar-refractivity contribution in [3.05, 3.63) is 29.5 Å². The molecule has 1 saturated heterocycles. The van der Waals surface area contributed by atoms with Crippen molar-refractivity contribution in [2.24, 2.45) is 10.7 Å². The highest BCUT2D eigenvalue weighted by Gasteiger charge is 2.14. The summed E-state index contributed by atoms with van der Waals surface area (Å²) in [6, 6.07) is 6.28. The summed E-state index contributed by atoms with van der Waals surface area (Å²) in [4.78, 5) is 13.4. The van der Waals surface area contributed by atoms with Gasteiger partial charge in [0.1, 0.15) is 0 Å². The third-order valence-electron chi connectivity index (χ3n) is 3.71. The summed E-state index contributed by atoms with van der Waals surface area (Å²) in [5, 5.41) is 7.35. The van der Waals surface area contributed by atoms with Crippen LogP contribution in [0.15, 0.2) is 23.2 Å². The summed E-state index contributed by atoms with van der Waals surface area (Å²) in [6.07, 6.45) is 1.01. The number of hydrogen-bond acceptors (Lipinski definition) is 4. The number of rotatable bonds is 2. The van der Waals surface area contributed by atoms with Crippen LogP contribution in [0.3, 0.4) is 0 Å². The summed E-state index contributed by atoms with van der Waals surface area (Å²) in [5.41, 5.74) is 8.97. The normalized spacial score (nSPS) is 19.1. The third-order valence-corrected chi connectivity index (χ3v) is 3.71. The number of anilines is 1. The lowest BCUT2D eigenvalue weighted by atomic mass is 10.1. The van der Waals surface area contributed by atoms with Gasteiger partial charge in [0.2, 0.25) is 5.95 Å². The van der Waals surface area contributed by atoms with E-state index in [9.17, 15) is 0 Å². The molecule has 2 heterocycles. The van der Waals surface area contributed by atoms with Crippen molar-refractivity contribution >= 4 is 22.8 Å². The highest BCUT2D eigenvalue weighted by Crippen LogP contribution is 2.20. The minimum absolute atomic E-state index is 0.237. The molecule has 2 aromatic rings. The first-order chi connectivity index (χ1) is 10.1. The molecule has 0 unspecified atom stereocenters. The molecule has 0 amide bonds. The molecule has 4 N–H and O–H groups in total. The molecular weight excluding hydrogens is 264 g/mol. The first-order valence-corrected chi connectivity index (χ1v) is 7.18. The summed E-state index contributed by atoms with van der Waals surface area (Å²) in [5.74, 6) is 0.868. The van der Waals surface area contributed by atoms with E-state index >= 15 is 0 Å². The molecule has 0 saturated carbocycles. The number of aryl methyl sites for hydroxylation is 2. The number of benzene rings is 1. The van der Waals surface area contributed by atoms with Gasteiger partial charge in [-0.2, -0.15) is 0 Å². The van der Waals surface area contributed by atoms with E-state index in [-0.39, 0.29) is 6.04 Å². The fraction of sp³-hybridized carbons (Fsp3) is 0.400. The Morgan fingerprint density at radius 3 is 3.00 bits per heavy atom. The molecule has 3 rings (SSSR count). The van der Waals surface area contributed by atoms with E-state index in [1.807, 2.05) is 19.1 Å². The standard InChI is InChI=1S/C15H20N6/c1-9-4-3-5-12-13(9)10(2)18-15(20-12)21-14(16)19-11-6-7-17-8-11/h3-5,11,17H,6-8H2,1-2H3,(H3,16,18,19,20,21)/t11-/m1/s1. The van der Waals surface area contributed by atoms with E-state index in [1.165, 1.54) is 5.56 Å². The number of fused-ring (bicyclic) bond motifs is 1. The molecule has 1 atom stereocenters. The molecule has 1 fully saturated rings. The monoisotopic (exact) mass is 284 g/mol. The Balaban J connectivity index is 1.87. The average molecular weight is 284 g/mol. The fourth-order valence-electron chi connectivity index (χ4n) is 2.72. The Morgan fingerprint density at radius 1 is 1.38 bits per heavy atom. The first kappa shape index (κ1) is 13.8. The molecule has 1 aromatic heterocycles. The van der Waals surface area contributed by atoms with Crippen LogP contribution in [-0.4, -0.2) is 35.1 Å². The topological polar surface area (TPSA) is 88.2 Å². The second kappa shape index (κ2) is 5.65. The van der Waals surface area contributed by atoms with E-state index in [2.05, 4.69) is 38.6 Å². The van der Waals surface area contributed by atoms with E-state index in [0.717, 1.165) is 36.1 Å². The van der Waals surface area contributed by atoms with Crippen molar-refractivity contribution < 1.29 is 0 Å². The largest absolute Gasteiger partial charge is 0.370 e. The zero-order valence-electron chi connectivity index (χ0n) is 12.3. The van der Waals surface area contributed by atoms with Crippen molar-refractivity contribution in [2.45, 2.75) is 26.3 Å². The molecule has 6 heteroatoms. The van der Waals surface area contributed by atoms with Crippen LogP contribution < -0.4 is 16.4 Å². The van der Waals surface area contributed by atoms with Crippen LogP contribution in [0.2, 0.25) is 0 Å². The van der Waals surface area contributed by atoms with E-state index in [0.29, 0.717) is 11.9 Å². The lowest BCUT2D eigenvalue weighted by molar-refractivity contribution is 0.743. The maximum atomic E-state index is 5.94. The molecule has 110 valence electrons. The number of guanidine groups is 1. The first-order valence-electron chi connectivity index (χ1n) is 7.18. The zero-order valence-corrected chi connectivity index (χ0v) is 12.3. The number of hydrogen-bond donors (Lipinski definition) is 3. The maximum Gasteiger partial charge on any atom is 0.230 e. The van der Waals surface area contributed by atoms with Crippen molar-refractivity contribution in [1.29, 1.82) is 0 Å². The second-order valence-electron chi connectivity index (χ2n) is 5.39. The Labute approximate surface area is 123 Å². The number of aliphatic imine (C=N–C) groups is 1. The smallest absolute Gasteiger partial charge is 0.230 e. The van der Waals surface area contributed by atoms with Gasteiger partial charge in [-0.25, -0.2) is 15.0 Å². The van der Waals surface area contributed by atoms with Crippen LogP contribution in [0.4, 0.5) is 5.95 Å². The van der Waals surface area contributed by atoms with Crippen molar-refractivity contribution in [3.63, 3.8) is 0 Å². The third kappa shape index (κ3) is 2.95. The van der Waals surface area contributed by atoms with Gasteiger partial charge in [0.15, 0.2) is 5.96 Å². The van der Waals surface area contributed by atoms with Gasteiger partial charge in [0, 0.05) is 11.9 Å². The van der Waals surface area contributed by atoms with Gasteiger partial charge in [0.25, 0.3) is 0 Å². The quantitative estimate of drug-likeness (QED) is 0.572. The van der Waals surface area contributed by atoms with Crippen LogP contribution in [0.25, 0.3) is 10.9 Å². The van der Waals surface area contributed by atoms with Gasteiger partial charge in [-0.15, -0.1) is 0 Å². The van der Waals surface area contributed by atoms with Gasteiger partial charge < -0.3 is 11.1 Å². The molecule has 0 spiro atoms. The van der Waals surface area contributed by atoms with Gasteiger partial charge in [-0.3, -0.25) is 5.32 Å². The van der Waals surface area contributed by atoms with E-state index in [4.69, 9.17) is 5.73 Å². The van der Waals surface area contributed by atoms with Crippen molar-refractivity contribution in [1.82, 2.24) is 15.3 Å². The molecule has 0 aliphatic carbocycles. The molecule has 6 nitrogen and oxygen atoms in total. The minimum atomic E-state index is 0.237. The van der Waals surface area contributed by atoms with E-state index in [1.54, 1.807) is 0 Å². The van der Waals surface area contributed by atoms with E-state index < -0.39 is 0 Å². The van der Waals surface area contributed by atoms with Gasteiger partial charge in [-0.05, 0) is 38.4 Å². The SMILES string of the molecule is Cc1cccc2nc(NC(N)=N[C@@H]3CCNC3)nc(C)c12. The predicted molar refractivity (Wildman–Crippen MR) is 85.5 cm³/mol. The Bertz CT molecular complexity index is 688. The van der Waals surface area contributed by atoms with Gasteiger partial charge in [0.05, 0.1) is 17.3 Å². The Hall–Kier alpha value is -2.21. The molecule has 21 heavy (non-hydrogen) atoms.